The molecule has 0 aliphatic rings. The van der Waals surface area contributed by atoms with Crippen molar-refractivity contribution in [3.63, 3.8) is 0 Å². The first-order valence-corrected chi connectivity index (χ1v) is 8.82. The summed E-state index contributed by atoms with van der Waals surface area (Å²) in [6.07, 6.45) is 0. The lowest BCUT2D eigenvalue weighted by Gasteiger charge is -2.11. The van der Waals surface area contributed by atoms with Crippen LogP contribution in [0.5, 0.6) is 5.75 Å². The molecule has 1 heterocycles. The average molecular weight is 327 g/mol. The molecule has 2 aromatic rings. The van der Waals surface area contributed by atoms with E-state index in [0.29, 0.717) is 23.6 Å². The molecule has 0 fully saturated rings. The van der Waals surface area contributed by atoms with Gasteiger partial charge in [0.15, 0.2) is 0 Å². The van der Waals surface area contributed by atoms with Gasteiger partial charge in [-0.2, -0.15) is 0 Å². The van der Waals surface area contributed by atoms with E-state index in [9.17, 15) is 8.42 Å². The van der Waals surface area contributed by atoms with E-state index < -0.39 is 10.0 Å². The number of nitrogens with zero attached hydrogens (tertiary/aromatic N) is 1. The highest BCUT2D eigenvalue weighted by atomic mass is 32.2. The first-order chi connectivity index (χ1) is 10.1. The third-order valence-corrected chi connectivity index (χ3v) is 4.82. The highest BCUT2D eigenvalue weighted by molar-refractivity contribution is 7.89. The van der Waals surface area contributed by atoms with Gasteiger partial charge in [-0.3, -0.25) is 0 Å². The van der Waals surface area contributed by atoms with Crippen molar-refractivity contribution in [2.24, 2.45) is 5.73 Å². The number of hydrogen-bond donors (Lipinski definition) is 2. The van der Waals surface area contributed by atoms with Gasteiger partial charge in [-0.25, -0.2) is 18.1 Å². The van der Waals surface area contributed by atoms with Gasteiger partial charge in [-0.05, 0) is 25.1 Å². The van der Waals surface area contributed by atoms with Gasteiger partial charge in [0.2, 0.25) is 10.0 Å². The van der Waals surface area contributed by atoms with Crippen LogP contribution in [0.25, 0.3) is 0 Å². The Morgan fingerprint density at radius 3 is 2.86 bits per heavy atom. The molecule has 0 atom stereocenters. The van der Waals surface area contributed by atoms with E-state index >= 15 is 0 Å². The molecule has 114 valence electrons. The first-order valence-electron chi connectivity index (χ1n) is 6.39. The molecule has 2 rings (SSSR count). The molecule has 8 heteroatoms. The fraction of sp³-hybridized carbons (Fsp3) is 0.308. The quantitative estimate of drug-likeness (QED) is 0.803. The number of benzene rings is 1. The Morgan fingerprint density at radius 1 is 1.43 bits per heavy atom. The molecule has 6 nitrogen and oxygen atoms in total. The number of nitrogens with two attached hydrogens (primary N) is 1. The molecule has 0 spiro atoms. The number of nitrogens with one attached hydrogen (secondary N) is 1. The van der Waals surface area contributed by atoms with E-state index in [-0.39, 0.29) is 18.0 Å². The van der Waals surface area contributed by atoms with E-state index in [4.69, 9.17) is 10.5 Å². The fourth-order valence-electron chi connectivity index (χ4n) is 1.76. The Labute approximate surface area is 128 Å². The zero-order chi connectivity index (χ0) is 15.3. The smallest absolute Gasteiger partial charge is 0.240 e. The van der Waals surface area contributed by atoms with Crippen LogP contribution in [0.1, 0.15) is 18.2 Å². The summed E-state index contributed by atoms with van der Waals surface area (Å²) in [7, 11) is -3.60. The maximum atomic E-state index is 12.2. The number of aromatic nitrogens is 1. The van der Waals surface area contributed by atoms with Crippen molar-refractivity contribution in [3.8, 4) is 5.75 Å². The van der Waals surface area contributed by atoms with Crippen molar-refractivity contribution in [1.82, 2.24) is 9.71 Å². The highest BCUT2D eigenvalue weighted by Gasteiger charge is 2.16. The fourth-order valence-corrected chi connectivity index (χ4v) is 3.36. The molecule has 0 amide bonds. The second kappa shape index (κ2) is 6.99. The molecule has 0 bridgehead atoms. The molecule has 0 unspecified atom stereocenters. The zero-order valence-electron chi connectivity index (χ0n) is 11.6. The molecule has 0 saturated carbocycles. The summed E-state index contributed by atoms with van der Waals surface area (Å²) < 4.78 is 32.4. The third-order valence-electron chi connectivity index (χ3n) is 2.79. The number of rotatable bonds is 7. The highest BCUT2D eigenvalue weighted by Crippen LogP contribution is 2.22. The number of ether oxygens (including phenoxy) is 1. The van der Waals surface area contributed by atoms with Crippen LogP contribution in [0.4, 0.5) is 0 Å². The Hall–Kier alpha value is -1.48. The van der Waals surface area contributed by atoms with Gasteiger partial charge in [0.25, 0.3) is 0 Å². The summed E-state index contributed by atoms with van der Waals surface area (Å²) in [5.41, 5.74) is 8.65. The summed E-state index contributed by atoms with van der Waals surface area (Å²) in [4.78, 5) is 4.20. The number of sulfonamides is 1. The monoisotopic (exact) mass is 327 g/mol. The zero-order valence-corrected chi connectivity index (χ0v) is 13.2. The average Bonchev–Trinajstić information content (AvgIpc) is 2.99. The minimum absolute atomic E-state index is 0.164. The summed E-state index contributed by atoms with van der Waals surface area (Å²) in [5.74, 6) is 0.610. The molecule has 21 heavy (non-hydrogen) atoms. The molecule has 0 saturated heterocycles. The standard InChI is InChI=1S/C13H17N3O3S2/c1-2-19-13-4-3-12(5-10(13)6-14)21(17,18)16-7-11-8-20-9-15-11/h3-5,8-9,16H,2,6-7,14H2,1H3. The van der Waals surface area contributed by atoms with Crippen molar-refractivity contribution < 1.29 is 13.2 Å². The van der Waals surface area contributed by atoms with E-state index in [1.54, 1.807) is 17.0 Å². The van der Waals surface area contributed by atoms with Gasteiger partial charge in [0.1, 0.15) is 5.75 Å². The normalized spacial score (nSPS) is 11.5. The molecular formula is C13H17N3O3S2. The number of thiazole rings is 1. The van der Waals surface area contributed by atoms with Crippen LogP contribution in [0.2, 0.25) is 0 Å². The second-order valence-electron chi connectivity index (χ2n) is 4.21. The van der Waals surface area contributed by atoms with E-state index in [0.717, 1.165) is 0 Å². The maximum Gasteiger partial charge on any atom is 0.240 e. The van der Waals surface area contributed by atoms with Gasteiger partial charge in [-0.1, -0.05) is 0 Å². The maximum absolute atomic E-state index is 12.2. The molecular weight excluding hydrogens is 310 g/mol. The van der Waals surface area contributed by atoms with Crippen LogP contribution in [0.15, 0.2) is 34.0 Å². The Balaban J connectivity index is 2.19. The van der Waals surface area contributed by atoms with Crippen LogP contribution in [0.3, 0.4) is 0 Å². The van der Waals surface area contributed by atoms with E-state index in [1.807, 2.05) is 6.92 Å². The summed E-state index contributed by atoms with van der Waals surface area (Å²) in [6.45, 7) is 2.74. The predicted octanol–water partition coefficient (Wildman–Crippen LogP) is 1.48. The molecule has 0 aliphatic carbocycles. The topological polar surface area (TPSA) is 94.3 Å². The lowest BCUT2D eigenvalue weighted by atomic mass is 10.2. The van der Waals surface area contributed by atoms with E-state index in [2.05, 4.69) is 9.71 Å². The van der Waals surface area contributed by atoms with Gasteiger partial charge in [-0.15, -0.1) is 11.3 Å². The van der Waals surface area contributed by atoms with Crippen LogP contribution >= 0.6 is 11.3 Å². The van der Waals surface area contributed by atoms with Crippen molar-refractivity contribution in [2.45, 2.75) is 24.9 Å². The van der Waals surface area contributed by atoms with Crippen LogP contribution in [-0.2, 0) is 23.1 Å². The lowest BCUT2D eigenvalue weighted by Crippen LogP contribution is -2.23. The van der Waals surface area contributed by atoms with E-state index in [1.165, 1.54) is 23.5 Å². The summed E-state index contributed by atoms with van der Waals surface area (Å²) >= 11 is 1.42. The molecule has 1 aromatic carbocycles. The van der Waals surface area contributed by atoms with Crippen LogP contribution in [0, 0.1) is 0 Å². The molecule has 0 radical (unpaired) electrons. The Bertz CT molecular complexity index is 685. The second-order valence-corrected chi connectivity index (χ2v) is 6.70. The lowest BCUT2D eigenvalue weighted by molar-refractivity contribution is 0.336. The SMILES string of the molecule is CCOc1ccc(S(=O)(=O)NCc2cscn2)cc1CN. The van der Waals surface area contributed by atoms with Gasteiger partial charge >= 0.3 is 0 Å². The minimum Gasteiger partial charge on any atom is -0.494 e. The Kier molecular flexibility index (Phi) is 5.29. The molecule has 3 N–H and O–H groups in total. The van der Waals surface area contributed by atoms with Gasteiger partial charge in [0.05, 0.1) is 29.3 Å². The summed E-state index contributed by atoms with van der Waals surface area (Å²) in [5, 5.41) is 1.80. The van der Waals surface area contributed by atoms with Crippen LogP contribution < -0.4 is 15.2 Å². The van der Waals surface area contributed by atoms with Crippen molar-refractivity contribution in [1.29, 1.82) is 0 Å². The Morgan fingerprint density at radius 2 is 2.24 bits per heavy atom. The van der Waals surface area contributed by atoms with Crippen molar-refractivity contribution >= 4 is 21.4 Å². The number of hydrogen-bond acceptors (Lipinski definition) is 6. The predicted molar refractivity (Wildman–Crippen MR) is 81.6 cm³/mol. The van der Waals surface area contributed by atoms with Crippen LogP contribution in [-0.4, -0.2) is 20.0 Å². The molecule has 0 aliphatic heterocycles. The largest absolute Gasteiger partial charge is 0.494 e. The van der Waals surface area contributed by atoms with Crippen molar-refractivity contribution in [2.75, 3.05) is 6.61 Å². The third kappa shape index (κ3) is 4.01. The van der Waals surface area contributed by atoms with Gasteiger partial charge < -0.3 is 10.5 Å². The van der Waals surface area contributed by atoms with Crippen molar-refractivity contribution in [3.05, 3.63) is 40.3 Å². The first kappa shape index (κ1) is 15.9. The summed E-state index contributed by atoms with van der Waals surface area (Å²) in [6, 6.07) is 4.67. The molecule has 1 aromatic heterocycles. The van der Waals surface area contributed by atoms with Gasteiger partial charge in [0, 0.05) is 17.5 Å². The minimum atomic E-state index is -3.60.